The van der Waals surface area contributed by atoms with E-state index in [0.29, 0.717) is 17.8 Å². The molecule has 4 amide bonds. The summed E-state index contributed by atoms with van der Waals surface area (Å²) in [6.07, 6.45) is 0.407. The number of rotatable bonds is 5. The molecule has 1 aliphatic rings. The Morgan fingerprint density at radius 1 is 1.07 bits per heavy atom. The van der Waals surface area contributed by atoms with Gasteiger partial charge in [-0.2, -0.15) is 10.1 Å². The molecule has 2 N–H and O–H groups in total. The predicted molar refractivity (Wildman–Crippen MR) is 111 cm³/mol. The average molecular weight is 403 g/mol. The van der Waals surface area contributed by atoms with Crippen molar-refractivity contribution >= 4 is 17.8 Å². The van der Waals surface area contributed by atoms with Gasteiger partial charge in [0.05, 0.1) is 11.4 Å². The van der Waals surface area contributed by atoms with Gasteiger partial charge in [0.25, 0.3) is 11.8 Å². The van der Waals surface area contributed by atoms with Crippen LogP contribution in [0.15, 0.2) is 66.7 Å². The molecular formula is C22H21N5O3. The van der Waals surface area contributed by atoms with Crippen LogP contribution < -0.4 is 10.7 Å². The largest absolute Gasteiger partial charge is 0.344 e. The molecule has 0 radical (unpaired) electrons. The van der Waals surface area contributed by atoms with Crippen LogP contribution in [-0.2, 0) is 4.79 Å². The van der Waals surface area contributed by atoms with Crippen molar-refractivity contribution in [3.8, 4) is 16.9 Å². The molecule has 8 nitrogen and oxygen atoms in total. The predicted octanol–water partition coefficient (Wildman–Crippen LogP) is 2.90. The first-order chi connectivity index (χ1) is 14.4. The topological polar surface area (TPSA) is 96.3 Å². The maximum atomic E-state index is 13.1. The first-order valence-corrected chi connectivity index (χ1v) is 9.61. The van der Waals surface area contributed by atoms with E-state index >= 15 is 0 Å². The smallest absolute Gasteiger partial charge is 0.322 e. The Labute approximate surface area is 173 Å². The summed E-state index contributed by atoms with van der Waals surface area (Å²) in [5, 5.41) is 7.93. The van der Waals surface area contributed by atoms with E-state index in [1.54, 1.807) is 19.9 Å². The fraction of sp³-hybridized carbons (Fsp3) is 0.182. The van der Waals surface area contributed by atoms with Gasteiger partial charge >= 0.3 is 6.03 Å². The quantitative estimate of drug-likeness (QED) is 0.640. The van der Waals surface area contributed by atoms with Gasteiger partial charge in [0.2, 0.25) is 0 Å². The third-order valence-electron chi connectivity index (χ3n) is 5.19. The van der Waals surface area contributed by atoms with Crippen molar-refractivity contribution in [1.82, 2.24) is 25.5 Å². The summed E-state index contributed by atoms with van der Waals surface area (Å²) in [5.74, 6) is -1.12. The molecule has 8 heteroatoms. The molecule has 1 atom stereocenters. The number of hydrogen-bond donors (Lipinski definition) is 2. The highest BCUT2D eigenvalue weighted by atomic mass is 16.2. The number of carbonyl (C=O) groups is 3. The van der Waals surface area contributed by atoms with E-state index in [4.69, 9.17) is 0 Å². The van der Waals surface area contributed by atoms with E-state index < -0.39 is 23.4 Å². The molecule has 1 unspecified atom stereocenters. The third kappa shape index (κ3) is 3.32. The van der Waals surface area contributed by atoms with Crippen molar-refractivity contribution in [2.45, 2.75) is 25.8 Å². The number of amides is 4. The SMILES string of the molecule is CCC1(C)NC(=O)N(NC(=O)c2cc(-c3ccccc3)nn2-c2ccccc2)C1=O. The van der Waals surface area contributed by atoms with E-state index in [1.165, 1.54) is 4.68 Å². The number of nitrogens with one attached hydrogen (secondary N) is 2. The molecule has 2 aromatic carbocycles. The average Bonchev–Trinajstić information content (AvgIpc) is 3.31. The zero-order valence-corrected chi connectivity index (χ0v) is 16.6. The number of urea groups is 1. The lowest BCUT2D eigenvalue weighted by molar-refractivity contribution is -0.132. The summed E-state index contributed by atoms with van der Waals surface area (Å²) in [5.41, 5.74) is 3.71. The molecule has 0 bridgehead atoms. The maximum absolute atomic E-state index is 13.1. The zero-order chi connectivity index (χ0) is 21.3. The maximum Gasteiger partial charge on any atom is 0.344 e. The number of imide groups is 1. The molecule has 1 aromatic heterocycles. The van der Waals surface area contributed by atoms with Crippen LogP contribution in [0.4, 0.5) is 4.79 Å². The molecule has 0 aliphatic carbocycles. The molecule has 1 aliphatic heterocycles. The Morgan fingerprint density at radius 2 is 1.70 bits per heavy atom. The molecule has 1 fully saturated rings. The van der Waals surface area contributed by atoms with Gasteiger partial charge in [-0.1, -0.05) is 55.5 Å². The van der Waals surface area contributed by atoms with Crippen LogP contribution in [0.1, 0.15) is 30.8 Å². The Morgan fingerprint density at radius 3 is 2.30 bits per heavy atom. The Hall–Kier alpha value is -3.94. The highest BCUT2D eigenvalue weighted by Gasteiger charge is 2.47. The highest BCUT2D eigenvalue weighted by molar-refractivity contribution is 6.09. The van der Waals surface area contributed by atoms with Crippen LogP contribution in [0.2, 0.25) is 0 Å². The van der Waals surface area contributed by atoms with E-state index in [9.17, 15) is 14.4 Å². The highest BCUT2D eigenvalue weighted by Crippen LogP contribution is 2.23. The third-order valence-corrected chi connectivity index (χ3v) is 5.19. The minimum atomic E-state index is -1.04. The van der Waals surface area contributed by atoms with Crippen molar-refractivity contribution in [2.75, 3.05) is 0 Å². The molecule has 3 aromatic rings. The normalized spacial score (nSPS) is 18.4. The van der Waals surface area contributed by atoms with Gasteiger partial charge in [-0.25, -0.2) is 9.48 Å². The van der Waals surface area contributed by atoms with Crippen LogP contribution in [0, 0.1) is 0 Å². The van der Waals surface area contributed by atoms with Crippen LogP contribution in [0.5, 0.6) is 0 Å². The van der Waals surface area contributed by atoms with E-state index in [1.807, 2.05) is 60.7 Å². The van der Waals surface area contributed by atoms with Crippen LogP contribution in [0.3, 0.4) is 0 Å². The van der Waals surface area contributed by atoms with E-state index in [-0.39, 0.29) is 5.69 Å². The second-order valence-electron chi connectivity index (χ2n) is 7.23. The standard InChI is InChI=1S/C22H21N5O3/c1-3-22(2)20(29)27(21(30)23-22)25-19(28)18-14-17(15-10-6-4-7-11-15)24-26(18)16-12-8-5-9-13-16/h4-14H,3H2,1-2H3,(H,23,30)(H,25,28). The van der Waals surface area contributed by atoms with Crippen molar-refractivity contribution < 1.29 is 14.4 Å². The molecule has 4 rings (SSSR count). The van der Waals surface area contributed by atoms with Crippen molar-refractivity contribution in [3.63, 3.8) is 0 Å². The van der Waals surface area contributed by atoms with Gasteiger partial charge in [0.15, 0.2) is 0 Å². The summed E-state index contributed by atoms with van der Waals surface area (Å²) in [6, 6.07) is 19.6. The molecule has 0 spiro atoms. The first kappa shape index (κ1) is 19.4. The summed E-state index contributed by atoms with van der Waals surface area (Å²) < 4.78 is 1.50. The fourth-order valence-corrected chi connectivity index (χ4v) is 3.24. The summed E-state index contributed by atoms with van der Waals surface area (Å²) >= 11 is 0. The first-order valence-electron chi connectivity index (χ1n) is 9.61. The van der Waals surface area contributed by atoms with Gasteiger partial charge in [0.1, 0.15) is 11.2 Å². The van der Waals surface area contributed by atoms with Crippen molar-refractivity contribution in [1.29, 1.82) is 0 Å². The van der Waals surface area contributed by atoms with Crippen LogP contribution in [0.25, 0.3) is 16.9 Å². The van der Waals surface area contributed by atoms with E-state index in [2.05, 4.69) is 15.8 Å². The second kappa shape index (κ2) is 7.47. The summed E-state index contributed by atoms with van der Waals surface area (Å²) in [6.45, 7) is 3.42. The van der Waals surface area contributed by atoms with Crippen molar-refractivity contribution in [2.24, 2.45) is 0 Å². The van der Waals surface area contributed by atoms with Gasteiger partial charge in [-0.05, 0) is 31.5 Å². The molecule has 0 saturated carbocycles. The Balaban J connectivity index is 1.71. The lowest BCUT2D eigenvalue weighted by atomic mass is 10.00. The van der Waals surface area contributed by atoms with Gasteiger partial charge in [0, 0.05) is 5.56 Å². The number of hydrazine groups is 1. The summed E-state index contributed by atoms with van der Waals surface area (Å²) in [7, 11) is 0. The van der Waals surface area contributed by atoms with Gasteiger partial charge in [-0.15, -0.1) is 0 Å². The molecule has 30 heavy (non-hydrogen) atoms. The Bertz CT molecular complexity index is 1110. The lowest BCUT2D eigenvalue weighted by Crippen LogP contribution is -2.48. The van der Waals surface area contributed by atoms with Gasteiger partial charge in [-0.3, -0.25) is 15.0 Å². The number of hydrogen-bond acceptors (Lipinski definition) is 4. The molecule has 2 heterocycles. The summed E-state index contributed by atoms with van der Waals surface area (Å²) in [4.78, 5) is 38.0. The van der Waals surface area contributed by atoms with E-state index in [0.717, 1.165) is 10.6 Å². The lowest BCUT2D eigenvalue weighted by Gasteiger charge is -2.19. The van der Waals surface area contributed by atoms with Crippen LogP contribution >= 0.6 is 0 Å². The van der Waals surface area contributed by atoms with Crippen molar-refractivity contribution in [3.05, 3.63) is 72.4 Å². The monoisotopic (exact) mass is 403 g/mol. The zero-order valence-electron chi connectivity index (χ0n) is 16.6. The van der Waals surface area contributed by atoms with Gasteiger partial charge < -0.3 is 5.32 Å². The Kier molecular flexibility index (Phi) is 4.83. The number of aromatic nitrogens is 2. The molecular weight excluding hydrogens is 382 g/mol. The molecule has 152 valence electrons. The number of benzene rings is 2. The minimum absolute atomic E-state index is 0.200. The number of carbonyl (C=O) groups excluding carboxylic acids is 3. The number of nitrogens with zero attached hydrogens (tertiary/aromatic N) is 3. The second-order valence-corrected chi connectivity index (χ2v) is 7.23. The van der Waals surface area contributed by atoms with Crippen LogP contribution in [-0.4, -0.2) is 38.2 Å². The fourth-order valence-electron chi connectivity index (χ4n) is 3.24. The minimum Gasteiger partial charge on any atom is -0.322 e. The number of para-hydroxylation sites is 1. The molecule has 1 saturated heterocycles.